The van der Waals surface area contributed by atoms with E-state index >= 15 is 0 Å². The summed E-state index contributed by atoms with van der Waals surface area (Å²) < 4.78 is 32.6. The number of hydrogen-bond acceptors (Lipinski definition) is 5. The molecule has 6 nitrogen and oxygen atoms in total. The van der Waals surface area contributed by atoms with Crippen molar-refractivity contribution >= 4 is 27.3 Å². The third-order valence-electron chi connectivity index (χ3n) is 4.64. The van der Waals surface area contributed by atoms with Crippen molar-refractivity contribution in [2.24, 2.45) is 0 Å². The van der Waals surface area contributed by atoms with Crippen LogP contribution in [-0.2, 0) is 16.4 Å². The number of nitrogens with one attached hydrogen (secondary N) is 1. The third-order valence-corrected chi connectivity index (χ3v) is 7.62. The molecule has 0 atom stereocenters. The molecule has 1 aliphatic rings. The molecule has 1 saturated heterocycles. The SMILES string of the molecule is CCCc1ccc(OCCNC(=O)c2sccc2S(=O)(=O)N2CCCC2)cc1. The van der Waals surface area contributed by atoms with E-state index in [0.29, 0.717) is 26.2 Å². The number of thiophene rings is 1. The van der Waals surface area contributed by atoms with Gasteiger partial charge in [-0.05, 0) is 48.4 Å². The van der Waals surface area contributed by atoms with Gasteiger partial charge < -0.3 is 10.1 Å². The predicted molar refractivity (Wildman–Crippen MR) is 111 cm³/mol. The van der Waals surface area contributed by atoms with Crippen LogP contribution in [0, 0.1) is 0 Å². The van der Waals surface area contributed by atoms with Gasteiger partial charge in [0.15, 0.2) is 0 Å². The molecule has 0 bridgehead atoms. The molecule has 2 aromatic rings. The van der Waals surface area contributed by atoms with Gasteiger partial charge in [0.2, 0.25) is 10.0 Å². The van der Waals surface area contributed by atoms with Crippen LogP contribution in [0.1, 0.15) is 41.4 Å². The lowest BCUT2D eigenvalue weighted by Crippen LogP contribution is -2.31. The molecular weight excluding hydrogens is 396 g/mol. The van der Waals surface area contributed by atoms with E-state index in [1.807, 2.05) is 24.3 Å². The van der Waals surface area contributed by atoms with Crippen LogP contribution in [0.3, 0.4) is 0 Å². The number of carbonyl (C=O) groups is 1. The second-order valence-corrected chi connectivity index (χ2v) is 9.55. The molecular formula is C20H26N2O4S2. The first-order valence-electron chi connectivity index (χ1n) is 9.60. The standard InChI is InChI=1S/C20H26N2O4S2/c1-2-5-16-6-8-17(9-7-16)26-14-11-21-20(23)19-18(10-15-27-19)28(24,25)22-12-3-4-13-22/h6-10,15H,2-5,11-14H2,1H3,(H,21,23). The highest BCUT2D eigenvalue weighted by Gasteiger charge is 2.31. The Kier molecular flexibility index (Phi) is 7.09. The molecule has 1 aliphatic heterocycles. The smallest absolute Gasteiger partial charge is 0.262 e. The summed E-state index contributed by atoms with van der Waals surface area (Å²) in [7, 11) is -3.60. The topological polar surface area (TPSA) is 75.7 Å². The Morgan fingerprint density at radius 2 is 1.89 bits per heavy atom. The monoisotopic (exact) mass is 422 g/mol. The average molecular weight is 423 g/mol. The number of nitrogens with zero attached hydrogens (tertiary/aromatic N) is 1. The van der Waals surface area contributed by atoms with Gasteiger partial charge in [0.1, 0.15) is 22.1 Å². The second-order valence-electron chi connectivity index (χ2n) is 6.72. The van der Waals surface area contributed by atoms with Crippen molar-refractivity contribution in [3.63, 3.8) is 0 Å². The van der Waals surface area contributed by atoms with Crippen molar-refractivity contribution in [2.75, 3.05) is 26.2 Å². The number of benzene rings is 1. The van der Waals surface area contributed by atoms with Crippen molar-refractivity contribution in [3.05, 3.63) is 46.2 Å². The first kappa shape index (κ1) is 20.8. The Bertz CT molecular complexity index is 885. The van der Waals surface area contributed by atoms with Crippen molar-refractivity contribution < 1.29 is 17.9 Å². The molecule has 8 heteroatoms. The molecule has 152 valence electrons. The maximum absolute atomic E-state index is 12.7. The largest absolute Gasteiger partial charge is 0.492 e. The third kappa shape index (κ3) is 4.92. The lowest BCUT2D eigenvalue weighted by Gasteiger charge is -2.15. The van der Waals surface area contributed by atoms with Crippen molar-refractivity contribution in [3.8, 4) is 5.75 Å². The van der Waals surface area contributed by atoms with E-state index in [1.165, 1.54) is 15.9 Å². The zero-order chi connectivity index (χ0) is 20.0. The van der Waals surface area contributed by atoms with Crippen LogP contribution in [0.25, 0.3) is 0 Å². The molecule has 1 aromatic heterocycles. The molecule has 2 heterocycles. The molecule has 0 aliphatic carbocycles. The van der Waals surface area contributed by atoms with Gasteiger partial charge in [-0.25, -0.2) is 8.42 Å². The minimum Gasteiger partial charge on any atom is -0.492 e. The van der Waals surface area contributed by atoms with E-state index in [2.05, 4.69) is 12.2 Å². The molecule has 3 rings (SSSR count). The van der Waals surface area contributed by atoms with E-state index in [9.17, 15) is 13.2 Å². The Morgan fingerprint density at radius 1 is 1.18 bits per heavy atom. The van der Waals surface area contributed by atoms with E-state index in [-0.39, 0.29) is 15.7 Å². The normalized spacial score (nSPS) is 14.9. The van der Waals surface area contributed by atoms with Crippen molar-refractivity contribution in [2.45, 2.75) is 37.5 Å². The van der Waals surface area contributed by atoms with Crippen LogP contribution >= 0.6 is 11.3 Å². The number of hydrogen-bond donors (Lipinski definition) is 1. The number of aryl methyl sites for hydroxylation is 1. The molecule has 0 spiro atoms. The zero-order valence-electron chi connectivity index (χ0n) is 16.0. The van der Waals surface area contributed by atoms with Crippen LogP contribution in [0.15, 0.2) is 40.6 Å². The van der Waals surface area contributed by atoms with Gasteiger partial charge in [-0.2, -0.15) is 4.31 Å². The number of amides is 1. The Labute approximate surface area is 170 Å². The number of carbonyl (C=O) groups excluding carboxylic acids is 1. The Morgan fingerprint density at radius 3 is 2.57 bits per heavy atom. The molecule has 1 aromatic carbocycles. The van der Waals surface area contributed by atoms with Crippen LogP contribution in [0.4, 0.5) is 0 Å². The van der Waals surface area contributed by atoms with Gasteiger partial charge in [0.25, 0.3) is 5.91 Å². The quantitative estimate of drug-likeness (QED) is 0.629. The molecule has 28 heavy (non-hydrogen) atoms. The maximum Gasteiger partial charge on any atom is 0.262 e. The maximum atomic E-state index is 12.7. The molecule has 1 N–H and O–H groups in total. The summed E-state index contributed by atoms with van der Waals surface area (Å²) in [6.07, 6.45) is 3.87. The molecule has 1 amide bonds. The lowest BCUT2D eigenvalue weighted by molar-refractivity contribution is 0.0948. The van der Waals surface area contributed by atoms with Crippen molar-refractivity contribution in [1.82, 2.24) is 9.62 Å². The number of sulfonamides is 1. The molecule has 1 fully saturated rings. The highest BCUT2D eigenvalue weighted by atomic mass is 32.2. The highest BCUT2D eigenvalue weighted by Crippen LogP contribution is 2.27. The minimum absolute atomic E-state index is 0.101. The van der Waals surface area contributed by atoms with Gasteiger partial charge in [-0.3, -0.25) is 4.79 Å². The summed E-state index contributed by atoms with van der Waals surface area (Å²) in [5, 5.41) is 4.40. The predicted octanol–water partition coefficient (Wildman–Crippen LogP) is 3.29. The van der Waals surface area contributed by atoms with E-state index < -0.39 is 10.0 Å². The Balaban J connectivity index is 1.52. The van der Waals surface area contributed by atoms with Gasteiger partial charge in [-0.1, -0.05) is 25.5 Å². The summed E-state index contributed by atoms with van der Waals surface area (Å²) in [5.74, 6) is 0.372. The second kappa shape index (κ2) is 9.54. The fourth-order valence-corrected chi connectivity index (χ4v) is 6.02. The van der Waals surface area contributed by atoms with Crippen LogP contribution in [0.2, 0.25) is 0 Å². The van der Waals surface area contributed by atoms with Gasteiger partial charge in [0.05, 0.1) is 6.54 Å². The van der Waals surface area contributed by atoms with E-state index in [4.69, 9.17) is 4.74 Å². The van der Waals surface area contributed by atoms with Gasteiger partial charge in [0, 0.05) is 13.1 Å². The first-order valence-corrected chi connectivity index (χ1v) is 11.9. The van der Waals surface area contributed by atoms with Gasteiger partial charge in [-0.15, -0.1) is 11.3 Å². The highest BCUT2D eigenvalue weighted by molar-refractivity contribution is 7.89. The molecule has 0 unspecified atom stereocenters. The fraction of sp³-hybridized carbons (Fsp3) is 0.450. The average Bonchev–Trinajstić information content (AvgIpc) is 3.39. The molecule has 0 radical (unpaired) electrons. The number of ether oxygens (including phenoxy) is 1. The van der Waals surface area contributed by atoms with Crippen molar-refractivity contribution in [1.29, 1.82) is 0 Å². The Hall–Kier alpha value is -1.90. The first-order chi connectivity index (χ1) is 13.5. The summed E-state index contributed by atoms with van der Waals surface area (Å²) in [6, 6.07) is 9.44. The number of rotatable bonds is 9. The summed E-state index contributed by atoms with van der Waals surface area (Å²) in [4.78, 5) is 12.8. The minimum atomic E-state index is -3.60. The lowest BCUT2D eigenvalue weighted by atomic mass is 10.1. The summed E-state index contributed by atoms with van der Waals surface area (Å²) in [5.41, 5.74) is 1.27. The zero-order valence-corrected chi connectivity index (χ0v) is 17.7. The summed E-state index contributed by atoms with van der Waals surface area (Å²) in [6.45, 7) is 3.80. The molecule has 0 saturated carbocycles. The van der Waals surface area contributed by atoms with Crippen LogP contribution < -0.4 is 10.1 Å². The fourth-order valence-electron chi connectivity index (χ4n) is 3.19. The van der Waals surface area contributed by atoms with Gasteiger partial charge >= 0.3 is 0 Å². The van der Waals surface area contributed by atoms with E-state index in [1.54, 1.807) is 5.38 Å². The van der Waals surface area contributed by atoms with E-state index in [0.717, 1.165) is 42.8 Å². The van der Waals surface area contributed by atoms with Crippen LogP contribution in [0.5, 0.6) is 5.75 Å². The summed E-state index contributed by atoms with van der Waals surface area (Å²) >= 11 is 1.15. The van der Waals surface area contributed by atoms with Crippen LogP contribution in [-0.4, -0.2) is 44.9 Å².